The average molecular weight is 341 g/mol. The van der Waals surface area contributed by atoms with Crippen LogP contribution in [0.25, 0.3) is 0 Å². The van der Waals surface area contributed by atoms with Gasteiger partial charge in [0.15, 0.2) is 0 Å². The maximum absolute atomic E-state index is 13.1. The first kappa shape index (κ1) is 15.4. The largest absolute Gasteiger partial charge is 0.382 e. The number of hydrogen-bond acceptors (Lipinski definition) is 3. The van der Waals surface area contributed by atoms with Crippen molar-refractivity contribution < 1.29 is 18.7 Å². The number of amides is 1. The zero-order chi connectivity index (χ0) is 13.5. The Kier molecular flexibility index (Phi) is 6.56. The van der Waals surface area contributed by atoms with Gasteiger partial charge in [-0.05, 0) is 28.1 Å². The third-order valence-electron chi connectivity index (χ3n) is 1.95. The summed E-state index contributed by atoms with van der Waals surface area (Å²) in [6.45, 7) is 0.621. The molecule has 0 unspecified atom stereocenters. The van der Waals surface area contributed by atoms with Crippen LogP contribution in [0.15, 0.2) is 16.6 Å². The van der Waals surface area contributed by atoms with Crippen molar-refractivity contribution in [1.29, 1.82) is 0 Å². The fraction of sp³-hybridized carbons (Fsp3) is 0.364. The Morgan fingerprint density at radius 1 is 1.50 bits per heavy atom. The molecular weight excluding hydrogens is 328 g/mol. The molecule has 0 aliphatic carbocycles. The molecule has 1 aromatic rings. The van der Waals surface area contributed by atoms with Gasteiger partial charge in [-0.2, -0.15) is 0 Å². The summed E-state index contributed by atoms with van der Waals surface area (Å²) in [4.78, 5) is 11.5. The van der Waals surface area contributed by atoms with E-state index in [1.165, 1.54) is 6.07 Å². The van der Waals surface area contributed by atoms with Crippen LogP contribution in [-0.2, 0) is 14.3 Å². The van der Waals surface area contributed by atoms with Crippen LogP contribution >= 0.6 is 27.5 Å². The van der Waals surface area contributed by atoms with E-state index in [4.69, 9.17) is 21.1 Å². The van der Waals surface area contributed by atoms with Gasteiger partial charge in [-0.15, -0.1) is 0 Å². The predicted octanol–water partition coefficient (Wildman–Crippen LogP) is 2.84. The molecule has 0 heterocycles. The Hall–Kier alpha value is -0.690. The fourth-order valence-corrected chi connectivity index (χ4v) is 1.65. The minimum Gasteiger partial charge on any atom is -0.382 e. The highest BCUT2D eigenvalue weighted by Gasteiger charge is 2.09. The number of rotatable bonds is 6. The van der Waals surface area contributed by atoms with Gasteiger partial charge in [0.05, 0.1) is 28.4 Å². The van der Waals surface area contributed by atoms with Crippen molar-refractivity contribution in [2.24, 2.45) is 0 Å². The monoisotopic (exact) mass is 339 g/mol. The topological polar surface area (TPSA) is 47.6 Å². The van der Waals surface area contributed by atoms with E-state index in [0.29, 0.717) is 18.9 Å². The number of anilines is 1. The van der Waals surface area contributed by atoms with Gasteiger partial charge in [0, 0.05) is 7.11 Å². The molecule has 7 heteroatoms. The predicted molar refractivity (Wildman–Crippen MR) is 70.4 cm³/mol. The van der Waals surface area contributed by atoms with Crippen LogP contribution in [0, 0.1) is 5.82 Å². The Labute approximate surface area is 118 Å². The molecule has 1 amide bonds. The average Bonchev–Trinajstić information content (AvgIpc) is 2.32. The molecule has 1 aromatic carbocycles. The second-order valence-electron chi connectivity index (χ2n) is 3.34. The van der Waals surface area contributed by atoms with Crippen molar-refractivity contribution in [1.82, 2.24) is 0 Å². The van der Waals surface area contributed by atoms with Gasteiger partial charge in [0.1, 0.15) is 12.4 Å². The first-order valence-electron chi connectivity index (χ1n) is 5.05. The maximum Gasteiger partial charge on any atom is 0.250 e. The number of ether oxygens (including phenoxy) is 2. The van der Waals surface area contributed by atoms with Crippen LogP contribution in [0.4, 0.5) is 10.1 Å². The lowest BCUT2D eigenvalue weighted by molar-refractivity contribution is -0.121. The zero-order valence-electron chi connectivity index (χ0n) is 9.63. The van der Waals surface area contributed by atoms with Gasteiger partial charge in [0.25, 0.3) is 0 Å². The molecule has 1 N–H and O–H groups in total. The molecule has 1 rings (SSSR count). The van der Waals surface area contributed by atoms with Crippen molar-refractivity contribution >= 4 is 39.1 Å². The number of benzene rings is 1. The zero-order valence-corrected chi connectivity index (χ0v) is 12.0. The molecule has 0 bridgehead atoms. The van der Waals surface area contributed by atoms with Gasteiger partial charge in [0.2, 0.25) is 5.91 Å². The van der Waals surface area contributed by atoms with E-state index in [1.54, 1.807) is 7.11 Å². The van der Waals surface area contributed by atoms with Crippen molar-refractivity contribution in [3.63, 3.8) is 0 Å². The highest BCUT2D eigenvalue weighted by atomic mass is 79.9. The van der Waals surface area contributed by atoms with Crippen molar-refractivity contribution in [3.8, 4) is 0 Å². The number of halogens is 3. The van der Waals surface area contributed by atoms with Crippen LogP contribution in [0.5, 0.6) is 0 Å². The molecule has 0 spiro atoms. The van der Waals surface area contributed by atoms with E-state index in [1.807, 2.05) is 0 Å². The second-order valence-corrected chi connectivity index (χ2v) is 4.60. The van der Waals surface area contributed by atoms with Crippen LogP contribution in [-0.4, -0.2) is 32.8 Å². The van der Waals surface area contributed by atoms with Crippen LogP contribution in [0.2, 0.25) is 5.02 Å². The Morgan fingerprint density at radius 3 is 2.89 bits per heavy atom. The molecule has 0 saturated heterocycles. The van der Waals surface area contributed by atoms with E-state index in [-0.39, 0.29) is 22.0 Å². The summed E-state index contributed by atoms with van der Waals surface area (Å²) in [6.07, 6.45) is 0. The molecule has 0 atom stereocenters. The number of hydrogen-bond donors (Lipinski definition) is 1. The van der Waals surface area contributed by atoms with Crippen molar-refractivity contribution in [2.75, 3.05) is 32.2 Å². The van der Waals surface area contributed by atoms with E-state index < -0.39 is 5.82 Å². The minimum atomic E-state index is -0.491. The minimum absolute atomic E-state index is 0.116. The molecule has 0 aliphatic heterocycles. The first-order chi connectivity index (χ1) is 8.54. The Bertz CT molecular complexity index is 431. The van der Waals surface area contributed by atoms with Gasteiger partial charge in [-0.25, -0.2) is 4.39 Å². The van der Waals surface area contributed by atoms with Gasteiger partial charge >= 0.3 is 0 Å². The highest BCUT2D eigenvalue weighted by molar-refractivity contribution is 9.10. The Morgan fingerprint density at radius 2 is 2.22 bits per heavy atom. The van der Waals surface area contributed by atoms with Crippen LogP contribution in [0.3, 0.4) is 0 Å². The quantitative estimate of drug-likeness (QED) is 0.640. The van der Waals surface area contributed by atoms with Gasteiger partial charge < -0.3 is 14.8 Å². The standard InChI is InChI=1S/C11H12BrClFNO3/c1-17-2-3-18-6-11(16)15-10-4-7(12)9(14)5-8(10)13/h4-5H,2-3,6H2,1H3,(H,15,16). The smallest absolute Gasteiger partial charge is 0.250 e. The second kappa shape index (κ2) is 7.68. The van der Waals surface area contributed by atoms with Gasteiger partial charge in [-0.1, -0.05) is 11.6 Å². The molecule has 100 valence electrons. The highest BCUT2D eigenvalue weighted by Crippen LogP contribution is 2.28. The van der Waals surface area contributed by atoms with Crippen molar-refractivity contribution in [3.05, 3.63) is 27.4 Å². The normalized spacial score (nSPS) is 10.4. The van der Waals surface area contributed by atoms with E-state index in [2.05, 4.69) is 21.2 Å². The SMILES string of the molecule is COCCOCC(=O)Nc1cc(Br)c(F)cc1Cl. The van der Waals surface area contributed by atoms with Crippen molar-refractivity contribution in [2.45, 2.75) is 0 Å². The first-order valence-corrected chi connectivity index (χ1v) is 6.22. The van der Waals surface area contributed by atoms with Gasteiger partial charge in [-0.3, -0.25) is 4.79 Å². The molecule has 0 fully saturated rings. The fourth-order valence-electron chi connectivity index (χ4n) is 1.11. The van der Waals surface area contributed by atoms with E-state index in [0.717, 1.165) is 6.07 Å². The van der Waals surface area contributed by atoms with Crippen LogP contribution in [0.1, 0.15) is 0 Å². The molecule has 4 nitrogen and oxygen atoms in total. The molecular formula is C11H12BrClFNO3. The lowest BCUT2D eigenvalue weighted by atomic mass is 10.3. The third-order valence-corrected chi connectivity index (χ3v) is 2.87. The summed E-state index contributed by atoms with van der Waals surface area (Å²) in [7, 11) is 1.54. The molecule has 18 heavy (non-hydrogen) atoms. The van der Waals surface area contributed by atoms with E-state index in [9.17, 15) is 9.18 Å². The maximum atomic E-state index is 13.1. The number of methoxy groups -OCH3 is 1. The Balaban J connectivity index is 2.51. The molecule has 0 saturated carbocycles. The molecule has 0 aliphatic rings. The number of carbonyl (C=O) groups excluding carboxylic acids is 1. The third kappa shape index (κ3) is 4.89. The summed E-state index contributed by atoms with van der Waals surface area (Å²) >= 11 is 8.80. The summed E-state index contributed by atoms with van der Waals surface area (Å²) in [5, 5.41) is 2.65. The summed E-state index contributed by atoms with van der Waals surface area (Å²) < 4.78 is 23.1. The lowest BCUT2D eigenvalue weighted by Crippen LogP contribution is -2.19. The lowest BCUT2D eigenvalue weighted by Gasteiger charge is -2.08. The number of nitrogens with one attached hydrogen (secondary N) is 1. The number of carbonyl (C=O) groups is 1. The summed E-state index contributed by atoms with van der Waals surface area (Å²) in [6, 6.07) is 2.51. The van der Waals surface area contributed by atoms with Crippen LogP contribution < -0.4 is 5.32 Å². The molecule has 0 radical (unpaired) electrons. The summed E-state index contributed by atoms with van der Waals surface area (Å²) in [5.74, 6) is -0.860. The summed E-state index contributed by atoms with van der Waals surface area (Å²) in [5.41, 5.74) is 0.324. The molecule has 0 aromatic heterocycles. The van der Waals surface area contributed by atoms with E-state index >= 15 is 0 Å².